The molecule has 0 radical (unpaired) electrons. The van der Waals surface area contributed by atoms with Crippen molar-refractivity contribution in [2.75, 3.05) is 6.54 Å². The van der Waals surface area contributed by atoms with Crippen molar-refractivity contribution in [1.29, 1.82) is 0 Å². The molecule has 0 heterocycles. The quantitative estimate of drug-likeness (QED) is 0.469. The Hall–Kier alpha value is -0.876. The normalized spacial score (nSPS) is 16.8. The number of rotatable bonds is 6. The molecule has 127 valence electrons. The zero-order chi connectivity index (χ0) is 16.5. The molecule has 1 aliphatic rings. The van der Waals surface area contributed by atoms with Crippen molar-refractivity contribution in [3.63, 3.8) is 0 Å². The molecule has 2 rings (SSSR count). The van der Waals surface area contributed by atoms with E-state index in [-0.39, 0.29) is 5.41 Å². The number of nitrogens with one attached hydrogen (secondary N) is 1. The van der Waals surface area contributed by atoms with Crippen molar-refractivity contribution >= 4 is 10.0 Å². The van der Waals surface area contributed by atoms with Gasteiger partial charge in [-0.1, -0.05) is 18.9 Å². The van der Waals surface area contributed by atoms with E-state index in [1.807, 2.05) is 6.08 Å². The molecule has 0 aromatic heterocycles. The Morgan fingerprint density at radius 2 is 1.91 bits per heavy atom. The van der Waals surface area contributed by atoms with Gasteiger partial charge in [0.2, 0.25) is 10.0 Å². The summed E-state index contributed by atoms with van der Waals surface area (Å²) in [6.45, 7) is 4.29. The van der Waals surface area contributed by atoms with E-state index in [1.54, 1.807) is 24.3 Å². The summed E-state index contributed by atoms with van der Waals surface area (Å²) in [5.41, 5.74) is 0.0652. The van der Waals surface area contributed by atoms with Gasteiger partial charge >= 0.3 is 22.8 Å². The third kappa shape index (κ3) is 5.73. The van der Waals surface area contributed by atoms with Crippen LogP contribution in [0.25, 0.3) is 0 Å². The number of benzene rings is 1. The van der Waals surface area contributed by atoms with Crippen LogP contribution in [0.2, 0.25) is 0 Å². The van der Waals surface area contributed by atoms with E-state index in [4.69, 9.17) is 8.15 Å². The molecule has 0 saturated heterocycles. The molecular weight excluding hydrogens is 349 g/mol. The van der Waals surface area contributed by atoms with Crippen LogP contribution in [0.3, 0.4) is 0 Å². The molecule has 5 nitrogen and oxygen atoms in total. The van der Waals surface area contributed by atoms with Crippen LogP contribution in [0, 0.1) is 11.5 Å². The molecule has 22 heavy (non-hydrogen) atoms. The first-order chi connectivity index (χ1) is 10.5. The number of sulfonamides is 1. The standard InChI is InChI=1S/C15H20NO2S.Ni.2O/c1-2-10-15(11-6-7-12-15)13-16-19(17,18)14-8-4-3-5-9-14;;;/h2,4-5,8-9,16H,1,6-7,10-13H2;;;/q-1;;;-1. The van der Waals surface area contributed by atoms with Gasteiger partial charge in [-0.15, -0.1) is 6.58 Å². The summed E-state index contributed by atoms with van der Waals surface area (Å²) >= 11 is -0.875. The second kappa shape index (κ2) is 9.30. The SMILES string of the molecule is C=CCC1(CNS(=O)(=O)c2cc[c-]cc2)CCCC1.[O]=[Ni][O-]. The molecule has 7 heteroatoms. The number of allylic oxidation sites excluding steroid dienone is 1. The van der Waals surface area contributed by atoms with Gasteiger partial charge in [-0.05, 0) is 29.6 Å². The van der Waals surface area contributed by atoms with Crippen molar-refractivity contribution in [1.82, 2.24) is 4.72 Å². The summed E-state index contributed by atoms with van der Waals surface area (Å²) < 4.78 is 43.7. The van der Waals surface area contributed by atoms with Gasteiger partial charge in [-0.2, -0.15) is 30.3 Å². The predicted octanol–water partition coefficient (Wildman–Crippen LogP) is 1.59. The molecule has 0 aliphatic heterocycles. The molecule has 1 aromatic rings. The van der Waals surface area contributed by atoms with Gasteiger partial charge in [0.1, 0.15) is 0 Å². The molecule has 1 aromatic carbocycles. The molecule has 1 fully saturated rings. The Labute approximate surface area is 138 Å². The van der Waals surface area contributed by atoms with E-state index in [1.165, 1.54) is 12.8 Å². The minimum absolute atomic E-state index is 0.0652. The average Bonchev–Trinajstić information content (AvgIpc) is 2.97. The first-order valence-electron chi connectivity index (χ1n) is 6.91. The van der Waals surface area contributed by atoms with E-state index in [9.17, 15) is 8.42 Å². The molecule has 0 spiro atoms. The summed E-state index contributed by atoms with van der Waals surface area (Å²) in [4.78, 5) is 0.304. The Bertz CT molecular complexity index is 568. The zero-order valence-electron chi connectivity index (χ0n) is 12.2. The van der Waals surface area contributed by atoms with E-state index in [0.29, 0.717) is 11.4 Å². The van der Waals surface area contributed by atoms with Crippen molar-refractivity contribution < 1.29 is 31.3 Å². The molecule has 1 saturated carbocycles. The maximum atomic E-state index is 12.2. The third-order valence-electron chi connectivity index (χ3n) is 3.88. The van der Waals surface area contributed by atoms with Crippen molar-refractivity contribution in [3.8, 4) is 0 Å². The van der Waals surface area contributed by atoms with Crippen LogP contribution in [-0.4, -0.2) is 15.0 Å². The summed E-state index contributed by atoms with van der Waals surface area (Å²) in [7, 11) is -3.41. The van der Waals surface area contributed by atoms with E-state index in [2.05, 4.69) is 17.4 Å². The third-order valence-corrected chi connectivity index (χ3v) is 5.29. The number of hydrogen-bond acceptors (Lipinski definition) is 4. The Balaban J connectivity index is 0.000000745. The molecule has 1 N–H and O–H groups in total. The molecule has 0 unspecified atom stereocenters. The maximum absolute atomic E-state index is 12.2. The van der Waals surface area contributed by atoms with Gasteiger partial charge in [0.05, 0.1) is 0 Å². The predicted molar refractivity (Wildman–Crippen MR) is 76.9 cm³/mol. The van der Waals surface area contributed by atoms with Crippen LogP contribution >= 0.6 is 0 Å². The molecule has 1 aliphatic carbocycles. The van der Waals surface area contributed by atoms with Gasteiger partial charge in [0.25, 0.3) is 0 Å². The Morgan fingerprint density at radius 1 is 1.36 bits per heavy atom. The van der Waals surface area contributed by atoms with E-state index >= 15 is 0 Å². The molecule has 0 amide bonds. The fraction of sp³-hybridized carbons (Fsp3) is 0.467. The van der Waals surface area contributed by atoms with Crippen LogP contribution < -0.4 is 8.97 Å². The van der Waals surface area contributed by atoms with Gasteiger partial charge in [-0.3, -0.25) is 0 Å². The fourth-order valence-electron chi connectivity index (χ4n) is 2.77. The first-order valence-corrected chi connectivity index (χ1v) is 9.19. The fourth-order valence-corrected chi connectivity index (χ4v) is 3.92. The summed E-state index contributed by atoms with van der Waals surface area (Å²) in [6, 6.07) is 9.19. The van der Waals surface area contributed by atoms with Gasteiger partial charge in [0.15, 0.2) is 0 Å². The zero-order valence-corrected chi connectivity index (χ0v) is 14.0. The Kier molecular flexibility index (Phi) is 8.11. The Morgan fingerprint density at radius 3 is 2.41 bits per heavy atom. The minimum atomic E-state index is -3.41. The van der Waals surface area contributed by atoms with Gasteiger partial charge < -0.3 is 0 Å². The molecule has 0 bridgehead atoms. The molecule has 0 atom stereocenters. The monoisotopic (exact) mass is 368 g/mol. The van der Waals surface area contributed by atoms with Gasteiger partial charge in [-0.25, -0.2) is 13.1 Å². The molecular formula is C15H20NNiO4S-2. The summed E-state index contributed by atoms with van der Waals surface area (Å²) in [6.07, 6.45) is 7.27. The van der Waals surface area contributed by atoms with E-state index in [0.717, 1.165) is 19.3 Å². The number of hydrogen-bond donors (Lipinski definition) is 1. The van der Waals surface area contributed by atoms with Crippen molar-refractivity contribution in [2.45, 2.75) is 37.0 Å². The van der Waals surface area contributed by atoms with Crippen molar-refractivity contribution in [3.05, 3.63) is 43.0 Å². The second-order valence-corrected chi connectivity index (χ2v) is 7.24. The van der Waals surface area contributed by atoms with Crippen LogP contribution in [0.1, 0.15) is 32.1 Å². The van der Waals surface area contributed by atoms with Crippen molar-refractivity contribution in [2.24, 2.45) is 5.41 Å². The van der Waals surface area contributed by atoms with E-state index < -0.39 is 24.7 Å². The summed E-state index contributed by atoms with van der Waals surface area (Å²) in [5.74, 6) is 0. The average molecular weight is 369 g/mol. The van der Waals surface area contributed by atoms with Crippen LogP contribution in [0.4, 0.5) is 0 Å². The topological polar surface area (TPSA) is 86.3 Å². The van der Waals surface area contributed by atoms with Crippen LogP contribution in [-0.2, 0) is 28.6 Å². The first kappa shape index (κ1) is 19.2. The second-order valence-electron chi connectivity index (χ2n) is 5.31. The summed E-state index contributed by atoms with van der Waals surface area (Å²) in [5, 5.41) is 0. The van der Waals surface area contributed by atoms with Crippen LogP contribution in [0.15, 0.2) is 41.8 Å². The van der Waals surface area contributed by atoms with Gasteiger partial charge in [0, 0.05) is 6.54 Å². The van der Waals surface area contributed by atoms with Crippen LogP contribution in [0.5, 0.6) is 0 Å².